The van der Waals surface area contributed by atoms with Crippen LogP contribution in [0, 0.1) is 6.92 Å². The van der Waals surface area contributed by atoms with E-state index in [-0.39, 0.29) is 0 Å². The van der Waals surface area contributed by atoms with Crippen LogP contribution in [0.1, 0.15) is 57.9 Å². The number of anilines is 1. The molecule has 0 bridgehead atoms. The van der Waals surface area contributed by atoms with Crippen molar-refractivity contribution in [2.45, 2.75) is 59.3 Å². The number of rotatable bonds is 6. The van der Waals surface area contributed by atoms with Gasteiger partial charge in [0.15, 0.2) is 0 Å². The third-order valence-electron chi connectivity index (χ3n) is 5.57. The van der Waals surface area contributed by atoms with E-state index in [4.69, 9.17) is 0 Å². The number of hydrogen-bond acceptors (Lipinski definition) is 1. The Balaban J connectivity index is 1.93. The highest BCUT2D eigenvalue weighted by atomic mass is 15.2. The molecule has 0 heterocycles. The van der Waals surface area contributed by atoms with E-state index in [1.54, 1.807) is 0 Å². The van der Waals surface area contributed by atoms with Crippen molar-refractivity contribution in [3.63, 3.8) is 0 Å². The molecule has 0 saturated carbocycles. The van der Waals surface area contributed by atoms with Crippen LogP contribution >= 0.6 is 0 Å². The lowest BCUT2D eigenvalue weighted by molar-refractivity contribution is 0.821. The average molecular weight is 357 g/mol. The first-order valence-electron chi connectivity index (χ1n) is 10.4. The molecular formula is C25H32BN. The number of nitrogens with zero attached hydrogens (tertiary/aromatic N) is 1. The van der Waals surface area contributed by atoms with Crippen molar-refractivity contribution < 1.29 is 0 Å². The van der Waals surface area contributed by atoms with Crippen LogP contribution in [0.4, 0.5) is 5.69 Å². The summed E-state index contributed by atoms with van der Waals surface area (Å²) in [4.78, 5) is 2.48. The van der Waals surface area contributed by atoms with Gasteiger partial charge in [-0.25, -0.2) is 0 Å². The summed E-state index contributed by atoms with van der Waals surface area (Å²) in [6, 6.07) is 8.94. The van der Waals surface area contributed by atoms with Gasteiger partial charge in [-0.1, -0.05) is 55.8 Å². The third kappa shape index (κ3) is 4.74. The van der Waals surface area contributed by atoms with Crippen molar-refractivity contribution in [2.24, 2.45) is 0 Å². The minimum Gasteiger partial charge on any atom is -0.318 e. The highest BCUT2D eigenvalue weighted by molar-refractivity contribution is 6.21. The number of aryl methyl sites for hydroxylation is 1. The fourth-order valence-corrected chi connectivity index (χ4v) is 3.93. The Morgan fingerprint density at radius 1 is 0.926 bits per heavy atom. The molecule has 0 radical (unpaired) electrons. The van der Waals surface area contributed by atoms with Crippen LogP contribution in [-0.4, -0.2) is 7.85 Å². The lowest BCUT2D eigenvalue weighted by atomic mass is 9.82. The van der Waals surface area contributed by atoms with Gasteiger partial charge in [-0.05, 0) is 74.8 Å². The molecule has 0 N–H and O–H groups in total. The molecule has 140 valence electrons. The second-order valence-electron chi connectivity index (χ2n) is 7.68. The summed E-state index contributed by atoms with van der Waals surface area (Å²) in [7, 11) is 2.23. The van der Waals surface area contributed by atoms with Gasteiger partial charge in [0.1, 0.15) is 7.85 Å². The molecule has 2 heteroatoms. The van der Waals surface area contributed by atoms with Crippen molar-refractivity contribution in [1.29, 1.82) is 0 Å². The molecule has 1 aromatic rings. The fourth-order valence-electron chi connectivity index (χ4n) is 3.93. The van der Waals surface area contributed by atoms with Crippen LogP contribution < -0.4 is 4.90 Å². The van der Waals surface area contributed by atoms with Gasteiger partial charge in [0.2, 0.25) is 0 Å². The van der Waals surface area contributed by atoms with Gasteiger partial charge in [-0.15, -0.1) is 5.47 Å². The maximum absolute atomic E-state index is 2.48. The van der Waals surface area contributed by atoms with Crippen molar-refractivity contribution in [2.75, 3.05) is 4.90 Å². The zero-order valence-electron chi connectivity index (χ0n) is 17.4. The Morgan fingerprint density at radius 2 is 1.59 bits per heavy atom. The monoisotopic (exact) mass is 357 g/mol. The SMILES string of the molecule is BC1=CC=C(C2=CC=C(N(/C(=C/CC)CC)c3ccc(C)cc3)CC2)CC1. The van der Waals surface area contributed by atoms with E-state index in [9.17, 15) is 0 Å². The average Bonchev–Trinajstić information content (AvgIpc) is 2.70. The highest BCUT2D eigenvalue weighted by Crippen LogP contribution is 2.35. The lowest BCUT2D eigenvalue weighted by Gasteiger charge is -2.32. The first kappa shape index (κ1) is 19.5. The normalized spacial score (nSPS) is 17.7. The van der Waals surface area contributed by atoms with Gasteiger partial charge in [0.25, 0.3) is 0 Å². The molecule has 0 aliphatic heterocycles. The van der Waals surface area contributed by atoms with Gasteiger partial charge >= 0.3 is 0 Å². The smallest absolute Gasteiger partial charge is 0.133 e. The largest absolute Gasteiger partial charge is 0.318 e. The molecule has 1 aromatic carbocycles. The van der Waals surface area contributed by atoms with Gasteiger partial charge < -0.3 is 4.90 Å². The zero-order valence-corrected chi connectivity index (χ0v) is 17.4. The number of benzene rings is 1. The van der Waals surface area contributed by atoms with Gasteiger partial charge in [-0.2, -0.15) is 0 Å². The maximum atomic E-state index is 2.48. The van der Waals surface area contributed by atoms with E-state index in [0.29, 0.717) is 0 Å². The summed E-state index contributed by atoms with van der Waals surface area (Å²) < 4.78 is 0. The molecule has 2 aliphatic carbocycles. The Kier molecular flexibility index (Phi) is 6.61. The highest BCUT2D eigenvalue weighted by Gasteiger charge is 2.19. The Morgan fingerprint density at radius 3 is 2.11 bits per heavy atom. The van der Waals surface area contributed by atoms with E-state index in [0.717, 1.165) is 25.7 Å². The van der Waals surface area contributed by atoms with E-state index in [1.165, 1.54) is 52.1 Å². The summed E-state index contributed by atoms with van der Waals surface area (Å²) in [5.74, 6) is 0. The van der Waals surface area contributed by atoms with Crippen molar-refractivity contribution in [3.05, 3.63) is 88.2 Å². The summed E-state index contributed by atoms with van der Waals surface area (Å²) in [6.07, 6.45) is 18.4. The molecule has 0 saturated heterocycles. The third-order valence-corrected chi connectivity index (χ3v) is 5.57. The molecule has 0 fully saturated rings. The molecular weight excluding hydrogens is 325 g/mol. The molecule has 1 nitrogen and oxygen atoms in total. The molecule has 0 unspecified atom stereocenters. The Bertz CT molecular complexity index is 818. The quantitative estimate of drug-likeness (QED) is 0.537. The molecule has 2 aliphatic rings. The summed E-state index contributed by atoms with van der Waals surface area (Å²) in [5, 5.41) is 0. The molecule has 27 heavy (non-hydrogen) atoms. The van der Waals surface area contributed by atoms with Crippen LogP contribution in [0.3, 0.4) is 0 Å². The standard InChI is InChI=1S/C25H32BN/c1-4-6-23(5-2)27(24-15-7-19(3)8-16-24)25-17-11-21(12-18-25)20-9-13-22(26)14-10-20/h6-9,11,13,15-17H,4-5,10,12,14,18,26H2,1-3H3/b23-6+. The van der Waals surface area contributed by atoms with E-state index in [1.807, 2.05) is 0 Å². The van der Waals surface area contributed by atoms with Crippen molar-refractivity contribution in [1.82, 2.24) is 0 Å². The van der Waals surface area contributed by atoms with Crippen LogP contribution in [-0.2, 0) is 0 Å². The molecule has 0 atom stereocenters. The van der Waals surface area contributed by atoms with E-state index >= 15 is 0 Å². The van der Waals surface area contributed by atoms with Crippen LogP contribution in [0.2, 0.25) is 0 Å². The predicted octanol–water partition coefficient (Wildman–Crippen LogP) is 6.35. The van der Waals surface area contributed by atoms with Gasteiger partial charge in [-0.3, -0.25) is 0 Å². The lowest BCUT2D eigenvalue weighted by Crippen LogP contribution is -2.23. The molecule has 0 aromatic heterocycles. The summed E-state index contributed by atoms with van der Waals surface area (Å²) >= 11 is 0. The topological polar surface area (TPSA) is 3.24 Å². The molecule has 0 spiro atoms. The molecule has 3 rings (SSSR count). The fraction of sp³-hybridized carbons (Fsp3) is 0.360. The van der Waals surface area contributed by atoms with Crippen molar-refractivity contribution in [3.8, 4) is 0 Å². The first-order chi connectivity index (χ1) is 13.1. The second kappa shape index (κ2) is 9.13. The van der Waals surface area contributed by atoms with Crippen LogP contribution in [0.25, 0.3) is 0 Å². The minimum atomic E-state index is 1.05. The predicted molar refractivity (Wildman–Crippen MR) is 122 cm³/mol. The minimum absolute atomic E-state index is 1.05. The van der Waals surface area contributed by atoms with Crippen molar-refractivity contribution >= 4 is 13.5 Å². The summed E-state index contributed by atoms with van der Waals surface area (Å²) in [5.41, 5.74) is 9.94. The van der Waals surface area contributed by atoms with E-state index < -0.39 is 0 Å². The van der Waals surface area contributed by atoms with Crippen LogP contribution in [0.5, 0.6) is 0 Å². The second-order valence-corrected chi connectivity index (χ2v) is 7.68. The molecule has 0 amide bonds. The van der Waals surface area contributed by atoms with Crippen LogP contribution in [0.15, 0.2) is 82.7 Å². The maximum Gasteiger partial charge on any atom is 0.133 e. The van der Waals surface area contributed by atoms with Gasteiger partial charge in [0, 0.05) is 17.1 Å². The Hall–Kier alpha value is -2.22. The Labute approximate surface area is 166 Å². The number of allylic oxidation sites excluding steroid dienone is 10. The summed E-state index contributed by atoms with van der Waals surface area (Å²) in [6.45, 7) is 6.63. The van der Waals surface area contributed by atoms with E-state index in [2.05, 4.69) is 88.2 Å². The first-order valence-corrected chi connectivity index (χ1v) is 10.4. The van der Waals surface area contributed by atoms with Gasteiger partial charge in [0.05, 0.1) is 0 Å². The zero-order chi connectivity index (χ0) is 19.2. The number of hydrogen-bond donors (Lipinski definition) is 0.